The summed E-state index contributed by atoms with van der Waals surface area (Å²) in [5.74, 6) is 1.13. The first-order chi connectivity index (χ1) is 5.74. The van der Waals surface area contributed by atoms with Crippen molar-refractivity contribution in [3.05, 3.63) is 0 Å². The zero-order valence-electron chi connectivity index (χ0n) is 8.12. The predicted molar refractivity (Wildman–Crippen MR) is 49.0 cm³/mol. The minimum absolute atomic E-state index is 0.204. The van der Waals surface area contributed by atoms with Crippen LogP contribution in [-0.4, -0.2) is 24.4 Å². The Hall–Kier alpha value is -0.0800. The maximum Gasteiger partial charge on any atom is 0.0823 e. The van der Waals surface area contributed by atoms with Gasteiger partial charge in [0.1, 0.15) is 0 Å². The predicted octanol–water partition coefficient (Wildman–Crippen LogP) is 1.82. The van der Waals surface area contributed by atoms with Gasteiger partial charge in [-0.05, 0) is 12.3 Å². The molecule has 3 unspecified atom stereocenters. The van der Waals surface area contributed by atoms with Crippen LogP contribution < -0.4 is 0 Å². The summed E-state index contributed by atoms with van der Waals surface area (Å²) in [5, 5.41) is 9.48. The molecule has 72 valence electrons. The Kier molecular flexibility index (Phi) is 4.02. The van der Waals surface area contributed by atoms with Gasteiger partial charge in [0.25, 0.3) is 0 Å². The van der Waals surface area contributed by atoms with Gasteiger partial charge in [0.2, 0.25) is 0 Å². The summed E-state index contributed by atoms with van der Waals surface area (Å²) in [7, 11) is 0. The minimum atomic E-state index is -0.204. The first-order valence-corrected chi connectivity index (χ1v) is 4.99. The van der Waals surface area contributed by atoms with Crippen LogP contribution in [0.2, 0.25) is 0 Å². The van der Waals surface area contributed by atoms with E-state index in [1.165, 1.54) is 12.8 Å². The van der Waals surface area contributed by atoms with E-state index in [1.807, 2.05) is 0 Å². The topological polar surface area (TPSA) is 29.5 Å². The number of hydrogen-bond acceptors (Lipinski definition) is 2. The smallest absolute Gasteiger partial charge is 0.0823 e. The van der Waals surface area contributed by atoms with E-state index in [-0.39, 0.29) is 6.10 Å². The molecule has 0 amide bonds. The molecule has 2 heteroatoms. The van der Waals surface area contributed by atoms with Gasteiger partial charge in [-0.15, -0.1) is 0 Å². The van der Waals surface area contributed by atoms with Gasteiger partial charge in [0.05, 0.1) is 19.3 Å². The standard InChI is InChI=1S/C10H20O2/c1-3-4-8(2)5-9-6-12-7-10(9)11/h8-11H,3-7H2,1-2H3. The molecular formula is C10H20O2. The normalized spacial score (nSPS) is 32.2. The Morgan fingerprint density at radius 1 is 1.50 bits per heavy atom. The second-order valence-corrected chi connectivity index (χ2v) is 3.99. The highest BCUT2D eigenvalue weighted by molar-refractivity contribution is 4.75. The van der Waals surface area contributed by atoms with Crippen LogP contribution in [0.25, 0.3) is 0 Å². The first-order valence-electron chi connectivity index (χ1n) is 4.99. The molecule has 1 rings (SSSR count). The van der Waals surface area contributed by atoms with Gasteiger partial charge in [-0.1, -0.05) is 26.7 Å². The lowest BCUT2D eigenvalue weighted by atomic mass is 9.91. The molecule has 0 aromatic carbocycles. The van der Waals surface area contributed by atoms with Gasteiger partial charge < -0.3 is 9.84 Å². The van der Waals surface area contributed by atoms with Gasteiger partial charge in [0, 0.05) is 5.92 Å². The van der Waals surface area contributed by atoms with E-state index in [4.69, 9.17) is 4.74 Å². The van der Waals surface area contributed by atoms with Gasteiger partial charge >= 0.3 is 0 Å². The molecular weight excluding hydrogens is 152 g/mol. The van der Waals surface area contributed by atoms with Crippen molar-refractivity contribution in [3.63, 3.8) is 0 Å². The Labute approximate surface area is 74.9 Å². The van der Waals surface area contributed by atoms with Crippen LogP contribution >= 0.6 is 0 Å². The molecule has 0 aromatic rings. The van der Waals surface area contributed by atoms with Crippen LogP contribution in [0.4, 0.5) is 0 Å². The van der Waals surface area contributed by atoms with Crippen molar-refractivity contribution >= 4 is 0 Å². The lowest BCUT2D eigenvalue weighted by Crippen LogP contribution is -2.20. The van der Waals surface area contributed by atoms with Crippen LogP contribution in [0.1, 0.15) is 33.1 Å². The van der Waals surface area contributed by atoms with E-state index in [1.54, 1.807) is 0 Å². The van der Waals surface area contributed by atoms with Crippen molar-refractivity contribution in [1.82, 2.24) is 0 Å². The molecule has 3 atom stereocenters. The molecule has 0 spiro atoms. The fourth-order valence-electron chi connectivity index (χ4n) is 1.94. The third kappa shape index (κ3) is 2.76. The van der Waals surface area contributed by atoms with Crippen molar-refractivity contribution in [2.45, 2.75) is 39.2 Å². The number of hydrogen-bond donors (Lipinski definition) is 1. The summed E-state index contributed by atoms with van der Waals surface area (Å²) in [6.45, 7) is 5.77. The van der Waals surface area contributed by atoms with Crippen molar-refractivity contribution in [2.24, 2.45) is 11.8 Å². The molecule has 1 N–H and O–H groups in total. The van der Waals surface area contributed by atoms with Crippen molar-refractivity contribution < 1.29 is 9.84 Å². The number of ether oxygens (including phenoxy) is 1. The van der Waals surface area contributed by atoms with Crippen LogP contribution in [-0.2, 0) is 4.74 Å². The molecule has 1 aliphatic rings. The molecule has 2 nitrogen and oxygen atoms in total. The second-order valence-electron chi connectivity index (χ2n) is 3.99. The highest BCUT2D eigenvalue weighted by atomic mass is 16.5. The van der Waals surface area contributed by atoms with E-state index in [0.717, 1.165) is 18.9 Å². The highest BCUT2D eigenvalue weighted by Gasteiger charge is 2.27. The SMILES string of the molecule is CCCC(C)CC1COCC1O. The van der Waals surface area contributed by atoms with Gasteiger partial charge in [-0.3, -0.25) is 0 Å². The van der Waals surface area contributed by atoms with Crippen LogP contribution in [0.15, 0.2) is 0 Å². The largest absolute Gasteiger partial charge is 0.390 e. The lowest BCUT2D eigenvalue weighted by Gasteiger charge is -2.16. The molecule has 1 saturated heterocycles. The molecule has 0 aromatic heterocycles. The molecule has 12 heavy (non-hydrogen) atoms. The fraction of sp³-hybridized carbons (Fsp3) is 1.00. The number of rotatable bonds is 4. The Morgan fingerprint density at radius 3 is 2.75 bits per heavy atom. The van der Waals surface area contributed by atoms with Crippen molar-refractivity contribution in [2.75, 3.05) is 13.2 Å². The zero-order chi connectivity index (χ0) is 8.97. The first kappa shape index (κ1) is 10.0. The van der Waals surface area contributed by atoms with Gasteiger partial charge in [-0.25, -0.2) is 0 Å². The zero-order valence-corrected chi connectivity index (χ0v) is 8.12. The van der Waals surface area contributed by atoms with E-state index in [0.29, 0.717) is 12.5 Å². The third-order valence-electron chi connectivity index (χ3n) is 2.65. The molecule has 0 bridgehead atoms. The Morgan fingerprint density at radius 2 is 2.25 bits per heavy atom. The highest BCUT2D eigenvalue weighted by Crippen LogP contribution is 2.23. The number of aliphatic hydroxyl groups excluding tert-OH is 1. The third-order valence-corrected chi connectivity index (χ3v) is 2.65. The summed E-state index contributed by atoms with van der Waals surface area (Å²) in [6, 6.07) is 0. The fourth-order valence-corrected chi connectivity index (χ4v) is 1.94. The maximum atomic E-state index is 9.48. The van der Waals surface area contributed by atoms with E-state index in [9.17, 15) is 5.11 Å². The maximum absolute atomic E-state index is 9.48. The summed E-state index contributed by atoms with van der Waals surface area (Å²) in [6.07, 6.45) is 3.42. The van der Waals surface area contributed by atoms with Crippen molar-refractivity contribution in [1.29, 1.82) is 0 Å². The Bertz CT molecular complexity index is 125. The number of aliphatic hydroxyl groups is 1. The van der Waals surface area contributed by atoms with Gasteiger partial charge in [-0.2, -0.15) is 0 Å². The van der Waals surface area contributed by atoms with Crippen LogP contribution in [0.5, 0.6) is 0 Å². The van der Waals surface area contributed by atoms with Crippen LogP contribution in [0.3, 0.4) is 0 Å². The lowest BCUT2D eigenvalue weighted by molar-refractivity contribution is 0.114. The van der Waals surface area contributed by atoms with Crippen LogP contribution in [0, 0.1) is 11.8 Å². The monoisotopic (exact) mass is 172 g/mol. The molecule has 1 fully saturated rings. The van der Waals surface area contributed by atoms with Gasteiger partial charge in [0.15, 0.2) is 0 Å². The summed E-state index contributed by atoms with van der Waals surface area (Å²) in [4.78, 5) is 0. The summed E-state index contributed by atoms with van der Waals surface area (Å²) in [5.41, 5.74) is 0. The average Bonchev–Trinajstić information content (AvgIpc) is 2.37. The Balaban J connectivity index is 2.20. The molecule has 0 aliphatic carbocycles. The molecule has 1 aliphatic heterocycles. The second kappa shape index (κ2) is 4.83. The quantitative estimate of drug-likeness (QED) is 0.701. The molecule has 0 saturated carbocycles. The average molecular weight is 172 g/mol. The van der Waals surface area contributed by atoms with Crippen molar-refractivity contribution in [3.8, 4) is 0 Å². The summed E-state index contributed by atoms with van der Waals surface area (Å²) >= 11 is 0. The molecule has 1 heterocycles. The molecule has 0 radical (unpaired) electrons. The summed E-state index contributed by atoms with van der Waals surface area (Å²) < 4.78 is 5.20. The van der Waals surface area contributed by atoms with E-state index in [2.05, 4.69) is 13.8 Å². The van der Waals surface area contributed by atoms with E-state index < -0.39 is 0 Å². The van der Waals surface area contributed by atoms with E-state index >= 15 is 0 Å². The minimum Gasteiger partial charge on any atom is -0.390 e.